The van der Waals surface area contributed by atoms with Crippen LogP contribution in [0.25, 0.3) is 6.08 Å². The zero-order valence-corrected chi connectivity index (χ0v) is 17.5. The monoisotopic (exact) mass is 438 g/mol. The summed E-state index contributed by atoms with van der Waals surface area (Å²) in [5.74, 6) is -1.51. The first-order chi connectivity index (χ1) is 15.5. The van der Waals surface area contributed by atoms with E-state index in [1.807, 2.05) is 12.1 Å². The lowest BCUT2D eigenvalue weighted by molar-refractivity contribution is -0.118. The summed E-state index contributed by atoms with van der Waals surface area (Å²) in [4.78, 5) is 16.3. The molecular formula is C25H24F2N2O3. The Morgan fingerprint density at radius 1 is 1.12 bits per heavy atom. The standard InChI is InChI=1S/C25H24F2N2O3/c1-2-22(25(31)24-20(26)6-3-7-21(24)27)29-23(30)13-10-17-8-11-19(12-9-17)32-16-18-5-4-14-28-15-18/h3-15,22,25,31H,2,16H2,1H3,(H,29,30)/b13-10+. The number of nitrogens with one attached hydrogen (secondary N) is 1. The molecule has 32 heavy (non-hydrogen) atoms. The minimum atomic E-state index is -1.50. The van der Waals surface area contributed by atoms with E-state index >= 15 is 0 Å². The van der Waals surface area contributed by atoms with Gasteiger partial charge in [0.25, 0.3) is 0 Å². The van der Waals surface area contributed by atoms with Crippen molar-refractivity contribution in [1.82, 2.24) is 10.3 Å². The van der Waals surface area contributed by atoms with Crippen molar-refractivity contribution >= 4 is 12.0 Å². The van der Waals surface area contributed by atoms with Crippen LogP contribution in [0.4, 0.5) is 8.78 Å². The largest absolute Gasteiger partial charge is 0.489 e. The van der Waals surface area contributed by atoms with Gasteiger partial charge in [0.15, 0.2) is 0 Å². The highest BCUT2D eigenvalue weighted by molar-refractivity contribution is 5.92. The van der Waals surface area contributed by atoms with Gasteiger partial charge in [0.05, 0.1) is 11.6 Å². The first kappa shape index (κ1) is 23.1. The molecule has 0 aliphatic rings. The quantitative estimate of drug-likeness (QED) is 0.480. The molecule has 1 amide bonds. The summed E-state index contributed by atoms with van der Waals surface area (Å²) in [6, 6.07) is 13.4. The molecule has 0 spiro atoms. The summed E-state index contributed by atoms with van der Waals surface area (Å²) in [5.41, 5.74) is 1.27. The lowest BCUT2D eigenvalue weighted by Gasteiger charge is -2.23. The second-order valence-electron chi connectivity index (χ2n) is 7.16. The lowest BCUT2D eigenvalue weighted by Crippen LogP contribution is -2.38. The minimum absolute atomic E-state index is 0.289. The fourth-order valence-corrected chi connectivity index (χ4v) is 3.13. The number of hydrogen-bond donors (Lipinski definition) is 2. The van der Waals surface area contributed by atoms with Gasteiger partial charge < -0.3 is 15.2 Å². The van der Waals surface area contributed by atoms with Gasteiger partial charge in [-0.3, -0.25) is 9.78 Å². The van der Waals surface area contributed by atoms with E-state index in [0.29, 0.717) is 12.4 Å². The van der Waals surface area contributed by atoms with Crippen LogP contribution in [-0.2, 0) is 11.4 Å². The molecule has 0 saturated carbocycles. The maximum Gasteiger partial charge on any atom is 0.244 e. The molecule has 1 heterocycles. The van der Waals surface area contributed by atoms with Gasteiger partial charge in [-0.15, -0.1) is 0 Å². The van der Waals surface area contributed by atoms with Crippen LogP contribution in [0.2, 0.25) is 0 Å². The maximum absolute atomic E-state index is 13.9. The molecule has 1 aromatic heterocycles. The molecule has 0 bridgehead atoms. The van der Waals surface area contributed by atoms with Gasteiger partial charge in [0, 0.05) is 24.0 Å². The molecule has 2 N–H and O–H groups in total. The predicted molar refractivity (Wildman–Crippen MR) is 118 cm³/mol. The summed E-state index contributed by atoms with van der Waals surface area (Å²) in [5, 5.41) is 13.0. The number of carbonyl (C=O) groups excluding carboxylic acids is 1. The molecule has 0 aliphatic carbocycles. The lowest BCUT2D eigenvalue weighted by atomic mass is 9.99. The number of pyridine rings is 1. The van der Waals surface area contributed by atoms with Gasteiger partial charge >= 0.3 is 0 Å². The molecule has 3 rings (SSSR count). The van der Waals surface area contributed by atoms with Gasteiger partial charge in [-0.05, 0) is 48.4 Å². The molecule has 3 aromatic rings. The smallest absolute Gasteiger partial charge is 0.244 e. The van der Waals surface area contributed by atoms with E-state index in [9.17, 15) is 18.7 Å². The first-order valence-electron chi connectivity index (χ1n) is 10.2. The molecule has 166 valence electrons. The number of halogens is 2. The summed E-state index contributed by atoms with van der Waals surface area (Å²) in [6.45, 7) is 2.11. The van der Waals surface area contributed by atoms with Gasteiger partial charge in [-0.1, -0.05) is 31.2 Å². The van der Waals surface area contributed by atoms with Crippen LogP contribution in [-0.4, -0.2) is 22.0 Å². The average Bonchev–Trinajstić information content (AvgIpc) is 2.81. The molecule has 5 nitrogen and oxygen atoms in total. The van der Waals surface area contributed by atoms with Crippen molar-refractivity contribution in [3.63, 3.8) is 0 Å². The number of aromatic nitrogens is 1. The molecule has 0 saturated heterocycles. The highest BCUT2D eigenvalue weighted by Crippen LogP contribution is 2.25. The second-order valence-corrected chi connectivity index (χ2v) is 7.16. The summed E-state index contributed by atoms with van der Waals surface area (Å²) < 4.78 is 33.6. The van der Waals surface area contributed by atoms with E-state index in [4.69, 9.17) is 4.74 Å². The van der Waals surface area contributed by atoms with Crippen molar-refractivity contribution in [2.75, 3.05) is 0 Å². The van der Waals surface area contributed by atoms with Crippen LogP contribution in [0.1, 0.15) is 36.1 Å². The minimum Gasteiger partial charge on any atom is -0.489 e. The normalized spacial score (nSPS) is 13.0. The van der Waals surface area contributed by atoms with Gasteiger partial charge in [0.2, 0.25) is 5.91 Å². The van der Waals surface area contributed by atoms with Crippen molar-refractivity contribution in [2.24, 2.45) is 0 Å². The Kier molecular flexibility index (Phi) is 8.05. The highest BCUT2D eigenvalue weighted by atomic mass is 19.1. The topological polar surface area (TPSA) is 71.5 Å². The van der Waals surface area contributed by atoms with E-state index < -0.39 is 35.3 Å². The van der Waals surface area contributed by atoms with E-state index in [2.05, 4.69) is 10.3 Å². The zero-order valence-electron chi connectivity index (χ0n) is 17.5. The predicted octanol–water partition coefficient (Wildman–Crippen LogP) is 4.58. The zero-order chi connectivity index (χ0) is 22.9. The number of benzene rings is 2. The Balaban J connectivity index is 1.56. The fraction of sp³-hybridized carbons (Fsp3) is 0.200. The summed E-state index contributed by atoms with van der Waals surface area (Å²) in [7, 11) is 0. The summed E-state index contributed by atoms with van der Waals surface area (Å²) in [6.07, 6.45) is 5.12. The number of carbonyl (C=O) groups is 1. The number of hydrogen-bond acceptors (Lipinski definition) is 4. The van der Waals surface area contributed by atoms with Gasteiger partial charge in [0.1, 0.15) is 30.1 Å². The average molecular weight is 438 g/mol. The van der Waals surface area contributed by atoms with Crippen LogP contribution >= 0.6 is 0 Å². The molecule has 0 aliphatic heterocycles. The van der Waals surface area contributed by atoms with Crippen molar-refractivity contribution in [2.45, 2.75) is 32.1 Å². The first-order valence-corrected chi connectivity index (χ1v) is 10.2. The second kappa shape index (κ2) is 11.2. The SMILES string of the molecule is CCC(NC(=O)/C=C/c1ccc(OCc2cccnc2)cc1)C(O)c1c(F)cccc1F. The molecule has 0 fully saturated rings. The number of rotatable bonds is 9. The number of amides is 1. The number of aliphatic hydroxyl groups excluding tert-OH is 1. The Hall–Kier alpha value is -3.58. The van der Waals surface area contributed by atoms with E-state index in [1.54, 1.807) is 49.7 Å². The van der Waals surface area contributed by atoms with Crippen LogP contribution in [0.5, 0.6) is 5.75 Å². The van der Waals surface area contributed by atoms with Crippen LogP contribution in [0.3, 0.4) is 0 Å². The van der Waals surface area contributed by atoms with Gasteiger partial charge in [-0.25, -0.2) is 8.78 Å². The fourth-order valence-electron chi connectivity index (χ4n) is 3.13. The third-order valence-corrected chi connectivity index (χ3v) is 4.88. The Morgan fingerprint density at radius 2 is 1.84 bits per heavy atom. The van der Waals surface area contributed by atoms with E-state index in [1.165, 1.54) is 12.1 Å². The molecule has 2 aromatic carbocycles. The maximum atomic E-state index is 13.9. The van der Waals surface area contributed by atoms with Crippen molar-refractivity contribution in [3.8, 4) is 5.75 Å². The third kappa shape index (κ3) is 6.21. The molecule has 0 radical (unpaired) electrons. The number of aliphatic hydroxyl groups is 1. The summed E-state index contributed by atoms with van der Waals surface area (Å²) >= 11 is 0. The molecule has 7 heteroatoms. The van der Waals surface area contributed by atoms with E-state index in [-0.39, 0.29) is 6.42 Å². The van der Waals surface area contributed by atoms with Crippen molar-refractivity contribution < 1.29 is 23.4 Å². The van der Waals surface area contributed by atoms with Crippen LogP contribution in [0, 0.1) is 11.6 Å². The molecule has 2 atom stereocenters. The van der Waals surface area contributed by atoms with E-state index in [0.717, 1.165) is 23.3 Å². The van der Waals surface area contributed by atoms with Crippen molar-refractivity contribution in [3.05, 3.63) is 101 Å². The molecular weight excluding hydrogens is 414 g/mol. The highest BCUT2D eigenvalue weighted by Gasteiger charge is 2.26. The van der Waals surface area contributed by atoms with Gasteiger partial charge in [-0.2, -0.15) is 0 Å². The Labute approximate surface area is 185 Å². The molecule has 2 unspecified atom stereocenters. The Morgan fingerprint density at radius 3 is 2.47 bits per heavy atom. The Bertz CT molecular complexity index is 1040. The number of nitrogens with zero attached hydrogens (tertiary/aromatic N) is 1. The van der Waals surface area contributed by atoms with Crippen LogP contribution in [0.15, 0.2) is 73.1 Å². The van der Waals surface area contributed by atoms with Crippen LogP contribution < -0.4 is 10.1 Å². The number of ether oxygens (including phenoxy) is 1. The van der Waals surface area contributed by atoms with Crippen molar-refractivity contribution in [1.29, 1.82) is 0 Å². The third-order valence-electron chi connectivity index (χ3n) is 4.88.